The van der Waals surface area contributed by atoms with Crippen LogP contribution >= 0.6 is 0 Å². The van der Waals surface area contributed by atoms with E-state index in [1.807, 2.05) is 38.1 Å². The molecule has 0 saturated carbocycles. The molecule has 8 aromatic carbocycles. The van der Waals surface area contributed by atoms with Gasteiger partial charge in [0.2, 0.25) is 0 Å². The molecule has 0 aliphatic heterocycles. The van der Waals surface area contributed by atoms with Gasteiger partial charge in [-0.3, -0.25) is 0 Å². The molecule has 3 aromatic heterocycles. The third kappa shape index (κ3) is 5.04. The Morgan fingerprint density at radius 3 is 1.28 bits per heavy atom. The highest BCUT2D eigenvalue weighted by Gasteiger charge is 2.16. The quantitative estimate of drug-likeness (QED) is 0.185. The third-order valence-electron chi connectivity index (χ3n) is 10.4. The summed E-state index contributed by atoms with van der Waals surface area (Å²) in [5, 5.41) is 6.97. The first kappa shape index (κ1) is 30.9. The lowest BCUT2D eigenvalue weighted by Gasteiger charge is -2.12. The highest BCUT2D eigenvalue weighted by atomic mass is 16.3. The van der Waals surface area contributed by atoms with Gasteiger partial charge in [0.05, 0.1) is 11.0 Å². The molecule has 53 heavy (non-hydrogen) atoms. The molecule has 0 atom stereocenters. The predicted octanol–water partition coefficient (Wildman–Crippen LogP) is 14.6. The normalized spacial score (nSPS) is 11.6. The van der Waals surface area contributed by atoms with Gasteiger partial charge in [-0.25, -0.2) is 0 Å². The van der Waals surface area contributed by atoms with Crippen molar-refractivity contribution in [2.75, 3.05) is 0 Å². The smallest absolute Gasteiger partial charge is 0.135 e. The van der Waals surface area contributed by atoms with Crippen LogP contribution in [0.1, 0.15) is 13.8 Å². The van der Waals surface area contributed by atoms with Crippen LogP contribution in [0.4, 0.5) is 0 Å². The van der Waals surface area contributed by atoms with Crippen molar-refractivity contribution < 1.29 is 8.83 Å². The molecule has 0 aliphatic rings. The van der Waals surface area contributed by atoms with Crippen molar-refractivity contribution in [2.24, 2.45) is 0 Å². The van der Waals surface area contributed by atoms with Crippen molar-refractivity contribution in [2.45, 2.75) is 13.8 Å². The zero-order valence-corrected chi connectivity index (χ0v) is 29.5. The van der Waals surface area contributed by atoms with Gasteiger partial charge in [-0.05, 0) is 118 Å². The van der Waals surface area contributed by atoms with Crippen molar-refractivity contribution in [1.82, 2.24) is 4.57 Å². The number of rotatable bonds is 4. The fourth-order valence-corrected chi connectivity index (χ4v) is 7.95. The van der Waals surface area contributed by atoms with Crippen LogP contribution in [-0.2, 0) is 0 Å². The fourth-order valence-electron chi connectivity index (χ4n) is 7.95. The van der Waals surface area contributed by atoms with Crippen LogP contribution in [0.5, 0.6) is 0 Å². The summed E-state index contributed by atoms with van der Waals surface area (Å²) in [5.41, 5.74) is 14.1. The van der Waals surface area contributed by atoms with E-state index in [-0.39, 0.29) is 0 Å². The van der Waals surface area contributed by atoms with Crippen LogP contribution in [0.25, 0.3) is 105 Å². The summed E-state index contributed by atoms with van der Waals surface area (Å²) < 4.78 is 14.8. The lowest BCUT2D eigenvalue weighted by Crippen LogP contribution is -1.92. The second-order valence-corrected chi connectivity index (χ2v) is 13.3. The van der Waals surface area contributed by atoms with E-state index in [2.05, 4.69) is 156 Å². The zero-order valence-electron chi connectivity index (χ0n) is 29.5. The van der Waals surface area contributed by atoms with Gasteiger partial charge in [-0.2, -0.15) is 0 Å². The molecular weight excluding hydrogens is 647 g/mol. The Labute approximate surface area is 306 Å². The zero-order chi connectivity index (χ0) is 35.5. The Hall–Kier alpha value is -6.84. The van der Waals surface area contributed by atoms with Crippen molar-refractivity contribution in [3.8, 4) is 39.1 Å². The van der Waals surface area contributed by atoms with E-state index in [0.29, 0.717) is 0 Å². The van der Waals surface area contributed by atoms with Crippen LogP contribution in [-0.4, -0.2) is 4.57 Å². The van der Waals surface area contributed by atoms with Gasteiger partial charge in [0.25, 0.3) is 0 Å². The number of hydrogen-bond acceptors (Lipinski definition) is 2. The number of fused-ring (bicyclic) bond motifs is 9. The monoisotopic (exact) mass is 681 g/mol. The average molecular weight is 682 g/mol. The Kier molecular flexibility index (Phi) is 7.26. The lowest BCUT2D eigenvalue weighted by atomic mass is 9.92. The minimum atomic E-state index is 0.897. The molecule has 0 radical (unpaired) electrons. The van der Waals surface area contributed by atoms with Gasteiger partial charge in [-0.1, -0.05) is 105 Å². The highest BCUT2D eigenvalue weighted by molar-refractivity contribution is 6.11. The van der Waals surface area contributed by atoms with E-state index in [4.69, 9.17) is 8.83 Å². The molecule has 0 saturated heterocycles. The molecule has 11 rings (SSSR count). The van der Waals surface area contributed by atoms with E-state index >= 15 is 0 Å². The molecule has 3 nitrogen and oxygen atoms in total. The summed E-state index contributed by atoms with van der Waals surface area (Å²) in [6.45, 7) is 4.00. The number of benzene rings is 8. The minimum absolute atomic E-state index is 0.897. The molecule has 0 bridgehead atoms. The molecule has 0 amide bonds. The van der Waals surface area contributed by atoms with Crippen LogP contribution < -0.4 is 0 Å². The number of nitrogens with zero attached hydrogens (tertiary/aromatic N) is 1. The van der Waals surface area contributed by atoms with E-state index in [1.54, 1.807) is 0 Å². The molecule has 252 valence electrons. The summed E-state index contributed by atoms with van der Waals surface area (Å²) in [4.78, 5) is 0. The molecular formula is C50H35NO2. The SMILES string of the molecule is CC.c1ccc(-n2c3ccccc3c3cc(-c4cc(-c5ccc6oc7ccccc7c6c5)cc(-c5ccc6oc7ccccc7c6c5)c4)ccc32)cc1. The summed E-state index contributed by atoms with van der Waals surface area (Å²) in [7, 11) is 0. The first-order valence-electron chi connectivity index (χ1n) is 18.3. The van der Waals surface area contributed by atoms with Crippen LogP contribution in [0, 0.1) is 0 Å². The van der Waals surface area contributed by atoms with Gasteiger partial charge in [0, 0.05) is 38.0 Å². The van der Waals surface area contributed by atoms with Gasteiger partial charge >= 0.3 is 0 Å². The average Bonchev–Trinajstić information content (AvgIpc) is 3.90. The molecule has 0 fully saturated rings. The molecule has 11 aromatic rings. The highest BCUT2D eigenvalue weighted by Crippen LogP contribution is 2.40. The van der Waals surface area contributed by atoms with Gasteiger partial charge in [0.15, 0.2) is 0 Å². The van der Waals surface area contributed by atoms with E-state index < -0.39 is 0 Å². The summed E-state index contributed by atoms with van der Waals surface area (Å²) in [6.07, 6.45) is 0. The van der Waals surface area contributed by atoms with Crippen LogP contribution in [0.15, 0.2) is 185 Å². The maximum absolute atomic E-state index is 6.20. The Morgan fingerprint density at radius 1 is 0.302 bits per heavy atom. The molecule has 0 aliphatic carbocycles. The molecule has 0 unspecified atom stereocenters. The lowest BCUT2D eigenvalue weighted by molar-refractivity contribution is 0.668. The first-order valence-corrected chi connectivity index (χ1v) is 18.3. The first-order chi connectivity index (χ1) is 26.2. The number of aromatic nitrogens is 1. The fraction of sp³-hybridized carbons (Fsp3) is 0.0400. The summed E-state index contributed by atoms with van der Waals surface area (Å²) in [6, 6.07) is 62.8. The number of hydrogen-bond donors (Lipinski definition) is 0. The predicted molar refractivity (Wildman–Crippen MR) is 223 cm³/mol. The van der Waals surface area contributed by atoms with Gasteiger partial charge in [0.1, 0.15) is 22.3 Å². The molecule has 0 N–H and O–H groups in total. The maximum atomic E-state index is 6.20. The van der Waals surface area contributed by atoms with Crippen molar-refractivity contribution in [3.05, 3.63) is 176 Å². The Bertz CT molecular complexity index is 3010. The van der Waals surface area contributed by atoms with Gasteiger partial charge in [-0.15, -0.1) is 0 Å². The Balaban J connectivity index is 0.00000172. The van der Waals surface area contributed by atoms with Gasteiger partial charge < -0.3 is 13.4 Å². The third-order valence-corrected chi connectivity index (χ3v) is 10.4. The maximum Gasteiger partial charge on any atom is 0.135 e. The standard InChI is InChI=1S/C48H29NO2.C2H6/c1-2-10-36(11-3-1)49-43-15-7-4-12-37(43)40-27-30(18-21-44(40)49)33-24-34(31-19-22-47-41(28-31)38-13-5-8-16-45(38)50-47)26-35(25-33)32-20-23-48-42(29-32)39-14-6-9-17-46(39)51-48;1-2/h1-29H;1-2H3. The van der Waals surface area contributed by atoms with E-state index in [9.17, 15) is 0 Å². The summed E-state index contributed by atoms with van der Waals surface area (Å²) in [5.74, 6) is 0. The topological polar surface area (TPSA) is 31.2 Å². The van der Waals surface area contributed by atoms with Crippen molar-refractivity contribution in [3.63, 3.8) is 0 Å². The number of para-hydroxylation sites is 4. The Morgan fingerprint density at radius 2 is 0.717 bits per heavy atom. The largest absolute Gasteiger partial charge is 0.456 e. The van der Waals surface area contributed by atoms with Crippen molar-refractivity contribution in [1.29, 1.82) is 0 Å². The molecule has 3 heterocycles. The van der Waals surface area contributed by atoms with E-state index in [1.165, 1.54) is 27.4 Å². The van der Waals surface area contributed by atoms with E-state index in [0.717, 1.165) is 77.4 Å². The summed E-state index contributed by atoms with van der Waals surface area (Å²) >= 11 is 0. The minimum Gasteiger partial charge on any atom is -0.456 e. The van der Waals surface area contributed by atoms with Crippen molar-refractivity contribution >= 4 is 65.7 Å². The molecule has 3 heteroatoms. The second-order valence-electron chi connectivity index (χ2n) is 13.3. The molecule has 0 spiro atoms. The number of furan rings is 2. The second kappa shape index (κ2) is 12.4. The van der Waals surface area contributed by atoms with Crippen LogP contribution in [0.2, 0.25) is 0 Å². The van der Waals surface area contributed by atoms with Crippen LogP contribution in [0.3, 0.4) is 0 Å².